The van der Waals surface area contributed by atoms with Gasteiger partial charge in [-0.2, -0.15) is 0 Å². The maximum Gasteiger partial charge on any atom is 0.169 e. The van der Waals surface area contributed by atoms with Crippen LogP contribution in [0.1, 0.15) is 17.4 Å². The summed E-state index contributed by atoms with van der Waals surface area (Å²) in [6.45, 7) is 0. The number of hydrogen-bond acceptors (Lipinski definition) is 2. The van der Waals surface area contributed by atoms with Crippen molar-refractivity contribution in [3.63, 3.8) is 0 Å². The van der Waals surface area contributed by atoms with Gasteiger partial charge in [0.05, 0.1) is 6.04 Å². The van der Waals surface area contributed by atoms with Crippen LogP contribution in [0.2, 0.25) is 0 Å². The molecule has 3 aromatic rings. The Kier molecular flexibility index (Phi) is 3.59. The first-order valence-corrected chi connectivity index (χ1v) is 7.09. The van der Waals surface area contributed by atoms with Crippen molar-refractivity contribution >= 4 is 26.9 Å². The summed E-state index contributed by atoms with van der Waals surface area (Å²) >= 11 is 3.54. The summed E-state index contributed by atoms with van der Waals surface area (Å²) in [4.78, 5) is 0. The normalized spacial score (nSPS) is 12.8. The lowest BCUT2D eigenvalue weighted by molar-refractivity contribution is 0.476. The molecule has 0 aliphatic rings. The molecule has 2 aromatic carbocycles. The van der Waals surface area contributed by atoms with Crippen LogP contribution in [0.3, 0.4) is 0 Å². The first-order valence-electron chi connectivity index (χ1n) is 6.30. The fourth-order valence-corrected chi connectivity index (χ4v) is 2.86. The fraction of sp³-hybridized carbons (Fsp3) is 0.125. The highest BCUT2D eigenvalue weighted by atomic mass is 79.9. The zero-order valence-corrected chi connectivity index (χ0v) is 12.4. The SMILES string of the molecule is CNC(c1cc2cccc(F)c2o1)c1ccccc1Br. The monoisotopic (exact) mass is 333 g/mol. The largest absolute Gasteiger partial charge is 0.456 e. The molecule has 0 saturated carbocycles. The second-order valence-corrected chi connectivity index (χ2v) is 5.40. The van der Waals surface area contributed by atoms with E-state index in [1.54, 1.807) is 6.07 Å². The molecular weight excluding hydrogens is 321 g/mol. The van der Waals surface area contributed by atoms with E-state index in [1.807, 2.05) is 43.4 Å². The van der Waals surface area contributed by atoms with Gasteiger partial charge in [-0.25, -0.2) is 4.39 Å². The van der Waals surface area contributed by atoms with Crippen molar-refractivity contribution in [3.05, 3.63) is 70.1 Å². The molecule has 1 atom stereocenters. The highest BCUT2D eigenvalue weighted by Crippen LogP contribution is 2.32. The van der Waals surface area contributed by atoms with Gasteiger partial charge in [-0.1, -0.05) is 46.3 Å². The lowest BCUT2D eigenvalue weighted by atomic mass is 10.0. The topological polar surface area (TPSA) is 25.2 Å². The van der Waals surface area contributed by atoms with E-state index in [-0.39, 0.29) is 11.9 Å². The number of hydrogen-bond donors (Lipinski definition) is 1. The molecule has 1 aromatic heterocycles. The number of nitrogens with one attached hydrogen (secondary N) is 1. The third kappa shape index (κ3) is 2.25. The zero-order valence-electron chi connectivity index (χ0n) is 10.9. The van der Waals surface area contributed by atoms with E-state index in [0.29, 0.717) is 11.3 Å². The summed E-state index contributed by atoms with van der Waals surface area (Å²) in [6.07, 6.45) is 0. The fourth-order valence-electron chi connectivity index (χ4n) is 2.35. The second kappa shape index (κ2) is 5.38. The molecule has 0 radical (unpaired) electrons. The summed E-state index contributed by atoms with van der Waals surface area (Å²) < 4.78 is 20.4. The van der Waals surface area contributed by atoms with Gasteiger partial charge in [-0.15, -0.1) is 0 Å². The Labute approximate surface area is 124 Å². The van der Waals surface area contributed by atoms with Crippen LogP contribution in [-0.2, 0) is 0 Å². The predicted molar refractivity (Wildman–Crippen MR) is 81.2 cm³/mol. The van der Waals surface area contributed by atoms with Gasteiger partial charge >= 0.3 is 0 Å². The van der Waals surface area contributed by atoms with Crippen LogP contribution in [-0.4, -0.2) is 7.05 Å². The van der Waals surface area contributed by atoms with Crippen molar-refractivity contribution in [1.29, 1.82) is 0 Å². The van der Waals surface area contributed by atoms with Gasteiger partial charge in [-0.05, 0) is 30.8 Å². The van der Waals surface area contributed by atoms with Crippen molar-refractivity contribution < 1.29 is 8.81 Å². The quantitative estimate of drug-likeness (QED) is 0.755. The number of para-hydroxylation sites is 1. The predicted octanol–water partition coefficient (Wildman–Crippen LogP) is 4.64. The van der Waals surface area contributed by atoms with Crippen LogP contribution in [0.5, 0.6) is 0 Å². The maximum atomic E-state index is 13.7. The van der Waals surface area contributed by atoms with Crippen LogP contribution in [0.4, 0.5) is 4.39 Å². The van der Waals surface area contributed by atoms with Gasteiger partial charge in [0, 0.05) is 9.86 Å². The van der Waals surface area contributed by atoms with Crippen LogP contribution in [0.15, 0.2) is 57.4 Å². The Bertz CT molecular complexity index is 753. The minimum atomic E-state index is -0.337. The van der Waals surface area contributed by atoms with Gasteiger partial charge in [0.25, 0.3) is 0 Å². The number of furan rings is 1. The molecule has 1 heterocycles. The molecule has 102 valence electrons. The van der Waals surface area contributed by atoms with E-state index >= 15 is 0 Å². The van der Waals surface area contributed by atoms with Crippen molar-refractivity contribution in [2.75, 3.05) is 7.05 Å². The molecule has 0 aliphatic carbocycles. The summed E-state index contributed by atoms with van der Waals surface area (Å²) in [7, 11) is 1.85. The standard InChI is InChI=1S/C16H13BrFNO/c1-19-15(11-6-2-3-7-12(11)17)14-9-10-5-4-8-13(18)16(10)20-14/h2-9,15,19H,1H3. The third-order valence-electron chi connectivity index (χ3n) is 3.30. The molecule has 0 bridgehead atoms. The van der Waals surface area contributed by atoms with Crippen LogP contribution in [0.25, 0.3) is 11.0 Å². The Morgan fingerprint density at radius 3 is 2.65 bits per heavy atom. The number of fused-ring (bicyclic) bond motifs is 1. The molecular formula is C16H13BrFNO. The van der Waals surface area contributed by atoms with E-state index < -0.39 is 0 Å². The Morgan fingerprint density at radius 1 is 1.15 bits per heavy atom. The summed E-state index contributed by atoms with van der Waals surface area (Å²) in [5.41, 5.74) is 1.35. The number of benzene rings is 2. The molecule has 4 heteroatoms. The lowest BCUT2D eigenvalue weighted by Gasteiger charge is -2.15. The molecule has 0 aliphatic heterocycles. The van der Waals surface area contributed by atoms with E-state index in [2.05, 4.69) is 21.2 Å². The van der Waals surface area contributed by atoms with Crippen molar-refractivity contribution in [2.24, 2.45) is 0 Å². The van der Waals surface area contributed by atoms with E-state index in [4.69, 9.17) is 4.42 Å². The molecule has 0 amide bonds. The Morgan fingerprint density at radius 2 is 1.95 bits per heavy atom. The summed E-state index contributed by atoms with van der Waals surface area (Å²) in [5.74, 6) is 0.357. The number of rotatable bonds is 3. The van der Waals surface area contributed by atoms with Crippen molar-refractivity contribution in [3.8, 4) is 0 Å². The highest BCUT2D eigenvalue weighted by Gasteiger charge is 2.19. The van der Waals surface area contributed by atoms with Crippen LogP contribution < -0.4 is 5.32 Å². The van der Waals surface area contributed by atoms with Gasteiger partial charge < -0.3 is 9.73 Å². The second-order valence-electron chi connectivity index (χ2n) is 4.55. The first kappa shape index (κ1) is 13.3. The minimum Gasteiger partial charge on any atom is -0.456 e. The maximum absolute atomic E-state index is 13.7. The van der Waals surface area contributed by atoms with Crippen molar-refractivity contribution in [2.45, 2.75) is 6.04 Å². The van der Waals surface area contributed by atoms with Crippen LogP contribution in [0, 0.1) is 5.82 Å². The average Bonchev–Trinajstić information content (AvgIpc) is 2.87. The first-order chi connectivity index (χ1) is 9.70. The zero-order chi connectivity index (χ0) is 14.1. The molecule has 20 heavy (non-hydrogen) atoms. The minimum absolute atomic E-state index is 0.127. The highest BCUT2D eigenvalue weighted by molar-refractivity contribution is 9.10. The third-order valence-corrected chi connectivity index (χ3v) is 4.03. The average molecular weight is 334 g/mol. The van der Waals surface area contributed by atoms with E-state index in [0.717, 1.165) is 15.4 Å². The molecule has 0 fully saturated rings. The lowest BCUT2D eigenvalue weighted by Crippen LogP contribution is -2.17. The van der Waals surface area contributed by atoms with Crippen LogP contribution >= 0.6 is 15.9 Å². The van der Waals surface area contributed by atoms with Gasteiger partial charge in [0.2, 0.25) is 0 Å². The summed E-state index contributed by atoms with van der Waals surface area (Å²) in [5, 5.41) is 3.98. The molecule has 3 rings (SSSR count). The van der Waals surface area contributed by atoms with Gasteiger partial charge in [0.1, 0.15) is 5.76 Å². The molecule has 1 N–H and O–H groups in total. The molecule has 2 nitrogen and oxygen atoms in total. The molecule has 0 saturated heterocycles. The van der Waals surface area contributed by atoms with Gasteiger partial charge in [0.15, 0.2) is 11.4 Å². The number of halogens is 2. The smallest absolute Gasteiger partial charge is 0.169 e. The van der Waals surface area contributed by atoms with E-state index in [1.165, 1.54) is 6.07 Å². The van der Waals surface area contributed by atoms with E-state index in [9.17, 15) is 4.39 Å². The molecule has 1 unspecified atom stereocenters. The molecule has 0 spiro atoms. The summed E-state index contributed by atoms with van der Waals surface area (Å²) in [6, 6.07) is 14.6. The Hall–Kier alpha value is -1.65. The Balaban J connectivity index is 2.12. The van der Waals surface area contributed by atoms with Crippen molar-refractivity contribution in [1.82, 2.24) is 5.32 Å². The van der Waals surface area contributed by atoms with Gasteiger partial charge in [-0.3, -0.25) is 0 Å².